The minimum atomic E-state index is -0.0500. The fourth-order valence-corrected chi connectivity index (χ4v) is 2.53. The normalized spacial score (nSPS) is 16.8. The van der Waals surface area contributed by atoms with E-state index >= 15 is 0 Å². The molecule has 0 aliphatic carbocycles. The van der Waals surface area contributed by atoms with Gasteiger partial charge in [-0.15, -0.1) is 0 Å². The van der Waals surface area contributed by atoms with Crippen LogP contribution in [0.3, 0.4) is 0 Å². The van der Waals surface area contributed by atoms with E-state index in [-0.39, 0.29) is 23.8 Å². The van der Waals surface area contributed by atoms with Crippen molar-refractivity contribution in [2.45, 2.75) is 33.6 Å². The van der Waals surface area contributed by atoms with Gasteiger partial charge in [0.2, 0.25) is 11.8 Å². The smallest absolute Gasteiger partial charge is 0.246 e. The molecule has 0 aromatic heterocycles. The molecule has 1 aromatic rings. The van der Waals surface area contributed by atoms with Gasteiger partial charge in [0.25, 0.3) is 0 Å². The van der Waals surface area contributed by atoms with E-state index in [1.54, 1.807) is 9.80 Å². The number of rotatable bonds is 2. The van der Waals surface area contributed by atoms with Crippen molar-refractivity contribution in [3.05, 3.63) is 30.3 Å². The van der Waals surface area contributed by atoms with Crippen LogP contribution < -0.4 is 4.90 Å². The van der Waals surface area contributed by atoms with Crippen LogP contribution >= 0.6 is 0 Å². The number of carbonyl (C=O) groups excluding carboxylic acids is 2. The molecule has 21 heavy (non-hydrogen) atoms. The van der Waals surface area contributed by atoms with E-state index in [1.165, 1.54) is 0 Å². The van der Waals surface area contributed by atoms with Crippen LogP contribution in [0.1, 0.15) is 33.6 Å². The molecule has 0 N–H and O–H groups in total. The van der Waals surface area contributed by atoms with Crippen LogP contribution in [-0.4, -0.2) is 36.3 Å². The molecule has 4 heteroatoms. The summed E-state index contributed by atoms with van der Waals surface area (Å²) in [7, 11) is 0. The molecule has 0 atom stereocenters. The van der Waals surface area contributed by atoms with Crippen molar-refractivity contribution in [1.29, 1.82) is 0 Å². The number of hydrogen-bond acceptors (Lipinski definition) is 2. The zero-order valence-electron chi connectivity index (χ0n) is 13.1. The Morgan fingerprint density at radius 3 is 2.43 bits per heavy atom. The molecule has 0 unspecified atom stereocenters. The molecule has 4 nitrogen and oxygen atoms in total. The first-order chi connectivity index (χ1) is 9.87. The van der Waals surface area contributed by atoms with E-state index in [9.17, 15) is 9.59 Å². The first kappa shape index (κ1) is 15.5. The highest BCUT2D eigenvalue weighted by Gasteiger charge is 2.27. The number of amides is 2. The van der Waals surface area contributed by atoms with Gasteiger partial charge in [-0.2, -0.15) is 0 Å². The summed E-state index contributed by atoms with van der Waals surface area (Å²) < 4.78 is 0. The van der Waals surface area contributed by atoms with Crippen LogP contribution in [0.15, 0.2) is 30.3 Å². The summed E-state index contributed by atoms with van der Waals surface area (Å²) in [6, 6.07) is 9.66. The third kappa shape index (κ3) is 4.31. The van der Waals surface area contributed by atoms with Gasteiger partial charge in [0.1, 0.15) is 6.54 Å². The number of benzene rings is 1. The molecule has 0 saturated carbocycles. The maximum Gasteiger partial charge on any atom is 0.246 e. The minimum absolute atomic E-state index is 0.000888. The summed E-state index contributed by atoms with van der Waals surface area (Å²) in [6.45, 7) is 7.64. The zero-order chi connectivity index (χ0) is 15.5. The molecule has 1 aliphatic heterocycles. The quantitative estimate of drug-likeness (QED) is 0.839. The summed E-state index contributed by atoms with van der Waals surface area (Å²) >= 11 is 0. The van der Waals surface area contributed by atoms with Gasteiger partial charge in [-0.05, 0) is 24.0 Å². The fraction of sp³-hybridized carbons (Fsp3) is 0.529. The average Bonchev–Trinajstić information content (AvgIpc) is 2.60. The van der Waals surface area contributed by atoms with Gasteiger partial charge < -0.3 is 9.80 Å². The molecule has 114 valence electrons. The van der Waals surface area contributed by atoms with Gasteiger partial charge in [-0.3, -0.25) is 9.59 Å². The Labute approximate surface area is 126 Å². The predicted molar refractivity (Wildman–Crippen MR) is 84.1 cm³/mol. The first-order valence-electron chi connectivity index (χ1n) is 7.50. The largest absolute Gasteiger partial charge is 0.333 e. The van der Waals surface area contributed by atoms with Gasteiger partial charge in [0.15, 0.2) is 0 Å². The highest BCUT2D eigenvalue weighted by Crippen LogP contribution is 2.22. The standard InChI is InChI=1S/C17H24N2O2/c1-17(2,3)12-15(20)18-10-7-11-19(16(21)13-18)14-8-5-4-6-9-14/h4-6,8-9H,7,10-13H2,1-3H3. The number of anilines is 1. The minimum Gasteiger partial charge on any atom is -0.333 e. The monoisotopic (exact) mass is 288 g/mol. The molecule has 1 aromatic carbocycles. The second-order valence-corrected chi connectivity index (χ2v) is 6.79. The van der Waals surface area contributed by atoms with Crippen LogP contribution in [0.5, 0.6) is 0 Å². The molecule has 1 aliphatic rings. The predicted octanol–water partition coefficient (Wildman–Crippen LogP) is 2.69. The van der Waals surface area contributed by atoms with E-state index in [0.717, 1.165) is 12.1 Å². The molecule has 2 amide bonds. The van der Waals surface area contributed by atoms with Crippen LogP contribution in [0.25, 0.3) is 0 Å². The second-order valence-electron chi connectivity index (χ2n) is 6.79. The number of carbonyl (C=O) groups is 2. The molecule has 1 heterocycles. The SMILES string of the molecule is CC(C)(C)CC(=O)N1CCCN(c2ccccc2)C(=O)C1. The second kappa shape index (κ2) is 6.29. The maximum atomic E-state index is 12.4. The number of para-hydroxylation sites is 1. The Balaban J connectivity index is 2.06. The van der Waals surface area contributed by atoms with Crippen molar-refractivity contribution >= 4 is 17.5 Å². The van der Waals surface area contributed by atoms with Crippen LogP contribution in [0.4, 0.5) is 5.69 Å². The topological polar surface area (TPSA) is 40.6 Å². The molecular weight excluding hydrogens is 264 g/mol. The fourth-order valence-electron chi connectivity index (χ4n) is 2.53. The number of nitrogens with zero attached hydrogens (tertiary/aromatic N) is 2. The van der Waals surface area contributed by atoms with E-state index in [1.807, 2.05) is 51.1 Å². The average molecular weight is 288 g/mol. The highest BCUT2D eigenvalue weighted by molar-refractivity contribution is 5.97. The van der Waals surface area contributed by atoms with Gasteiger partial charge >= 0.3 is 0 Å². The number of hydrogen-bond donors (Lipinski definition) is 0. The first-order valence-corrected chi connectivity index (χ1v) is 7.50. The van der Waals surface area contributed by atoms with Crippen molar-refractivity contribution in [2.24, 2.45) is 5.41 Å². The van der Waals surface area contributed by atoms with E-state index in [0.29, 0.717) is 19.5 Å². The Morgan fingerprint density at radius 2 is 1.81 bits per heavy atom. The lowest BCUT2D eigenvalue weighted by molar-refractivity contribution is -0.136. The van der Waals surface area contributed by atoms with Crippen molar-refractivity contribution in [2.75, 3.05) is 24.5 Å². The van der Waals surface area contributed by atoms with Crippen LogP contribution in [-0.2, 0) is 9.59 Å². The molecule has 0 radical (unpaired) electrons. The van der Waals surface area contributed by atoms with Crippen molar-refractivity contribution in [3.8, 4) is 0 Å². The molecule has 2 rings (SSSR count). The Morgan fingerprint density at radius 1 is 1.14 bits per heavy atom. The lowest BCUT2D eigenvalue weighted by atomic mass is 9.91. The summed E-state index contributed by atoms with van der Waals surface area (Å²) in [4.78, 5) is 28.2. The van der Waals surface area contributed by atoms with E-state index < -0.39 is 0 Å². The Hall–Kier alpha value is -1.84. The van der Waals surface area contributed by atoms with Gasteiger partial charge in [0.05, 0.1) is 0 Å². The van der Waals surface area contributed by atoms with Crippen molar-refractivity contribution in [1.82, 2.24) is 4.90 Å². The van der Waals surface area contributed by atoms with Crippen LogP contribution in [0.2, 0.25) is 0 Å². The molecule has 1 saturated heterocycles. The molecule has 0 spiro atoms. The lowest BCUT2D eigenvalue weighted by Crippen LogP contribution is -2.40. The van der Waals surface area contributed by atoms with Gasteiger partial charge in [-0.25, -0.2) is 0 Å². The van der Waals surface area contributed by atoms with Gasteiger partial charge in [-0.1, -0.05) is 39.0 Å². The Kier molecular flexibility index (Phi) is 4.66. The molecule has 0 bridgehead atoms. The van der Waals surface area contributed by atoms with E-state index in [2.05, 4.69) is 0 Å². The lowest BCUT2D eigenvalue weighted by Gasteiger charge is -2.25. The van der Waals surface area contributed by atoms with Gasteiger partial charge in [0, 0.05) is 25.2 Å². The molecular formula is C17H24N2O2. The van der Waals surface area contributed by atoms with Crippen molar-refractivity contribution in [3.63, 3.8) is 0 Å². The third-order valence-electron chi connectivity index (χ3n) is 3.54. The molecule has 1 fully saturated rings. The summed E-state index contributed by atoms with van der Waals surface area (Å²) in [5.74, 6) is 0.0757. The zero-order valence-corrected chi connectivity index (χ0v) is 13.1. The summed E-state index contributed by atoms with van der Waals surface area (Å²) in [5, 5.41) is 0. The third-order valence-corrected chi connectivity index (χ3v) is 3.54. The van der Waals surface area contributed by atoms with Crippen LogP contribution in [0, 0.1) is 5.41 Å². The van der Waals surface area contributed by atoms with E-state index in [4.69, 9.17) is 0 Å². The van der Waals surface area contributed by atoms with Crippen molar-refractivity contribution < 1.29 is 9.59 Å². The highest BCUT2D eigenvalue weighted by atomic mass is 16.2. The summed E-state index contributed by atoms with van der Waals surface area (Å²) in [5.41, 5.74) is 0.860. The summed E-state index contributed by atoms with van der Waals surface area (Å²) in [6.07, 6.45) is 1.29. The maximum absolute atomic E-state index is 12.4. The Bertz CT molecular complexity index is 505.